The van der Waals surface area contributed by atoms with E-state index >= 15 is 4.39 Å². The van der Waals surface area contributed by atoms with Gasteiger partial charge in [-0.2, -0.15) is 4.72 Å². The van der Waals surface area contributed by atoms with E-state index in [1.807, 2.05) is 18.2 Å². The molecule has 1 saturated heterocycles. The maximum Gasteiger partial charge on any atom is 0.245 e. The number of para-hydroxylation sites is 1. The number of halogens is 1. The molecule has 35 heavy (non-hydrogen) atoms. The van der Waals surface area contributed by atoms with Gasteiger partial charge in [-0.3, -0.25) is 4.79 Å². The number of hydrogen-bond donors (Lipinski definition) is 1. The second kappa shape index (κ2) is 9.20. The minimum Gasteiger partial charge on any atom is -0.496 e. The summed E-state index contributed by atoms with van der Waals surface area (Å²) >= 11 is 0. The van der Waals surface area contributed by atoms with Crippen molar-refractivity contribution >= 4 is 21.6 Å². The molecule has 2 aliphatic heterocycles. The van der Waals surface area contributed by atoms with E-state index in [1.165, 1.54) is 35.2 Å². The third-order valence-electron chi connectivity index (χ3n) is 6.05. The topological polar surface area (TPSA) is 94.2 Å². The van der Waals surface area contributed by atoms with Crippen molar-refractivity contribution in [1.82, 2.24) is 4.72 Å². The van der Waals surface area contributed by atoms with Crippen LogP contribution in [-0.4, -0.2) is 40.8 Å². The van der Waals surface area contributed by atoms with Crippen LogP contribution in [0.1, 0.15) is 12.8 Å². The van der Waals surface area contributed by atoms with Crippen molar-refractivity contribution < 1.29 is 31.8 Å². The molecule has 0 aliphatic carbocycles. The lowest BCUT2D eigenvalue weighted by Crippen LogP contribution is -2.52. The molecule has 3 aromatic rings. The first kappa shape index (κ1) is 23.1. The van der Waals surface area contributed by atoms with Gasteiger partial charge in [-0.1, -0.05) is 24.3 Å². The number of sulfonamides is 1. The highest BCUT2D eigenvalue weighted by Crippen LogP contribution is 2.35. The molecule has 0 bridgehead atoms. The number of rotatable bonds is 6. The Morgan fingerprint density at radius 2 is 1.86 bits per heavy atom. The lowest BCUT2D eigenvalue weighted by atomic mass is 10.0. The molecule has 1 unspecified atom stereocenters. The maximum atomic E-state index is 15.2. The first-order chi connectivity index (χ1) is 16.9. The Balaban J connectivity index is 1.37. The lowest BCUT2D eigenvalue weighted by Gasteiger charge is -2.32. The summed E-state index contributed by atoms with van der Waals surface area (Å²) in [4.78, 5) is 14.4. The van der Waals surface area contributed by atoms with Crippen LogP contribution in [0.4, 0.5) is 10.1 Å². The standard InChI is InChI=1S/C25H23FN2O6S/c1-32-22-7-3-2-5-18(22)16-8-10-21(19(26)13-16)28-12-4-6-20(25(28)29)27-35(30,31)17-9-11-23-24(14-17)34-15-33-23/h2-3,5,7-11,13-14,20,27H,4,6,12,15H2,1H3. The van der Waals surface area contributed by atoms with Gasteiger partial charge < -0.3 is 19.1 Å². The number of hydrogen-bond acceptors (Lipinski definition) is 6. The maximum absolute atomic E-state index is 15.2. The second-order valence-electron chi connectivity index (χ2n) is 8.19. The van der Waals surface area contributed by atoms with Crippen LogP contribution < -0.4 is 23.8 Å². The van der Waals surface area contributed by atoms with Crippen molar-refractivity contribution in [2.45, 2.75) is 23.8 Å². The highest BCUT2D eigenvalue weighted by molar-refractivity contribution is 7.89. The number of ether oxygens (including phenoxy) is 3. The molecule has 2 heterocycles. The van der Waals surface area contributed by atoms with Gasteiger partial charge in [0.25, 0.3) is 0 Å². The highest BCUT2D eigenvalue weighted by atomic mass is 32.2. The SMILES string of the molecule is COc1ccccc1-c1ccc(N2CCCC(NS(=O)(=O)c3ccc4c(c3)OCO4)C2=O)c(F)c1. The minimum atomic E-state index is -4.02. The Kier molecular flexibility index (Phi) is 6.08. The van der Waals surface area contributed by atoms with E-state index in [0.717, 1.165) is 5.56 Å². The number of amides is 1. The molecule has 0 saturated carbocycles. The zero-order valence-electron chi connectivity index (χ0n) is 18.9. The van der Waals surface area contributed by atoms with E-state index in [-0.39, 0.29) is 23.9 Å². The van der Waals surface area contributed by atoms with Crippen LogP contribution in [0.25, 0.3) is 11.1 Å². The van der Waals surface area contributed by atoms with E-state index in [0.29, 0.717) is 35.7 Å². The Hall–Kier alpha value is -3.63. The predicted molar refractivity (Wildman–Crippen MR) is 127 cm³/mol. The summed E-state index contributed by atoms with van der Waals surface area (Å²) in [5, 5.41) is 0. The van der Waals surface area contributed by atoms with E-state index in [1.54, 1.807) is 19.2 Å². The van der Waals surface area contributed by atoms with Crippen molar-refractivity contribution in [3.63, 3.8) is 0 Å². The van der Waals surface area contributed by atoms with Gasteiger partial charge in [0, 0.05) is 18.2 Å². The van der Waals surface area contributed by atoms with E-state index in [4.69, 9.17) is 14.2 Å². The summed E-state index contributed by atoms with van der Waals surface area (Å²) in [6, 6.07) is 15.1. The number of carbonyl (C=O) groups excluding carboxylic acids is 1. The van der Waals surface area contributed by atoms with Crippen LogP contribution in [0.2, 0.25) is 0 Å². The molecule has 0 radical (unpaired) electrons. The lowest BCUT2D eigenvalue weighted by molar-refractivity contribution is -0.121. The number of piperidine rings is 1. The zero-order chi connectivity index (χ0) is 24.6. The van der Waals surface area contributed by atoms with Crippen molar-refractivity contribution in [2.75, 3.05) is 25.3 Å². The number of nitrogens with zero attached hydrogens (tertiary/aromatic N) is 1. The van der Waals surface area contributed by atoms with Crippen molar-refractivity contribution in [3.8, 4) is 28.4 Å². The molecule has 1 amide bonds. The molecular weight excluding hydrogens is 475 g/mol. The Labute approximate surface area is 202 Å². The first-order valence-corrected chi connectivity index (χ1v) is 12.5. The molecule has 2 aliphatic rings. The molecule has 8 nitrogen and oxygen atoms in total. The largest absolute Gasteiger partial charge is 0.496 e. The summed E-state index contributed by atoms with van der Waals surface area (Å²) in [6.45, 7) is 0.301. The van der Waals surface area contributed by atoms with Crippen molar-refractivity contribution in [1.29, 1.82) is 0 Å². The van der Waals surface area contributed by atoms with Crippen LogP contribution in [0.3, 0.4) is 0 Å². The van der Waals surface area contributed by atoms with Crippen LogP contribution >= 0.6 is 0 Å². The van der Waals surface area contributed by atoms with Gasteiger partial charge in [0.15, 0.2) is 11.5 Å². The van der Waals surface area contributed by atoms with Crippen molar-refractivity contribution in [3.05, 3.63) is 66.5 Å². The predicted octanol–water partition coefficient (Wildman–Crippen LogP) is 3.70. The summed E-state index contributed by atoms with van der Waals surface area (Å²) in [6.07, 6.45) is 0.813. The summed E-state index contributed by atoms with van der Waals surface area (Å²) in [7, 11) is -2.48. The Morgan fingerprint density at radius 1 is 1.06 bits per heavy atom. The number of benzene rings is 3. The van der Waals surface area contributed by atoms with Crippen LogP contribution in [0, 0.1) is 5.82 Å². The Bertz CT molecular complexity index is 1390. The number of anilines is 1. The fourth-order valence-electron chi connectivity index (χ4n) is 4.30. The van der Waals surface area contributed by atoms with Gasteiger partial charge in [0.05, 0.1) is 17.7 Å². The molecular formula is C25H23FN2O6S. The summed E-state index contributed by atoms with van der Waals surface area (Å²) < 4.78 is 59.4. The molecule has 0 aromatic heterocycles. The van der Waals surface area contributed by atoms with E-state index in [9.17, 15) is 13.2 Å². The number of fused-ring (bicyclic) bond motifs is 1. The smallest absolute Gasteiger partial charge is 0.245 e. The van der Waals surface area contributed by atoms with Gasteiger partial charge in [-0.15, -0.1) is 0 Å². The first-order valence-electron chi connectivity index (χ1n) is 11.0. The fourth-order valence-corrected chi connectivity index (χ4v) is 5.54. The molecule has 0 spiro atoms. The fraction of sp³-hybridized carbons (Fsp3) is 0.240. The van der Waals surface area contributed by atoms with Crippen LogP contribution in [0.5, 0.6) is 17.2 Å². The molecule has 1 N–H and O–H groups in total. The summed E-state index contributed by atoms with van der Waals surface area (Å²) in [5.74, 6) is 0.287. The molecule has 1 atom stereocenters. The van der Waals surface area contributed by atoms with Crippen LogP contribution in [0.15, 0.2) is 65.6 Å². The third kappa shape index (κ3) is 4.42. The molecule has 5 rings (SSSR count). The molecule has 182 valence electrons. The quantitative estimate of drug-likeness (QED) is 0.557. The molecule has 3 aromatic carbocycles. The third-order valence-corrected chi connectivity index (χ3v) is 7.52. The minimum absolute atomic E-state index is 0.0176. The van der Waals surface area contributed by atoms with Gasteiger partial charge in [0.2, 0.25) is 22.7 Å². The average Bonchev–Trinajstić information content (AvgIpc) is 3.33. The van der Waals surface area contributed by atoms with Gasteiger partial charge in [-0.25, -0.2) is 12.8 Å². The number of methoxy groups -OCH3 is 1. The molecule has 10 heteroatoms. The highest BCUT2D eigenvalue weighted by Gasteiger charge is 2.34. The van der Waals surface area contributed by atoms with Crippen molar-refractivity contribution in [2.24, 2.45) is 0 Å². The molecule has 1 fully saturated rings. The zero-order valence-corrected chi connectivity index (χ0v) is 19.7. The normalized spacial score (nSPS) is 17.5. The van der Waals surface area contributed by atoms with Gasteiger partial charge in [0.1, 0.15) is 17.6 Å². The Morgan fingerprint density at radius 3 is 2.66 bits per heavy atom. The number of carbonyl (C=O) groups is 1. The van der Waals surface area contributed by atoms with E-state index in [2.05, 4.69) is 4.72 Å². The average molecular weight is 499 g/mol. The van der Waals surface area contributed by atoms with Crippen LogP contribution in [-0.2, 0) is 14.8 Å². The van der Waals surface area contributed by atoms with Gasteiger partial charge >= 0.3 is 0 Å². The second-order valence-corrected chi connectivity index (χ2v) is 9.90. The summed E-state index contributed by atoms with van der Waals surface area (Å²) in [5.41, 5.74) is 1.42. The van der Waals surface area contributed by atoms with Gasteiger partial charge in [-0.05, 0) is 48.7 Å². The number of nitrogens with one attached hydrogen (secondary N) is 1. The monoisotopic (exact) mass is 498 g/mol. The van der Waals surface area contributed by atoms with E-state index < -0.39 is 27.8 Å².